The van der Waals surface area contributed by atoms with Gasteiger partial charge in [0.25, 0.3) is 0 Å². The van der Waals surface area contributed by atoms with Gasteiger partial charge in [-0.1, -0.05) is 74.5 Å². The second kappa shape index (κ2) is 12.5. The molecule has 42 heavy (non-hydrogen) atoms. The largest absolute Gasteiger partial charge is 0.350 e. The molecule has 7 N–H and O–H groups in total. The zero-order valence-corrected chi connectivity index (χ0v) is 24.4. The van der Waals surface area contributed by atoms with Gasteiger partial charge in [0.15, 0.2) is 0 Å². The fourth-order valence-electron chi connectivity index (χ4n) is 6.22. The first-order valence-electron chi connectivity index (χ1n) is 14.9. The second-order valence-electron chi connectivity index (χ2n) is 11.9. The average Bonchev–Trinajstić information content (AvgIpc) is 3.35. The average molecular weight is 568 g/mol. The summed E-state index contributed by atoms with van der Waals surface area (Å²) < 4.78 is 0. The predicted molar refractivity (Wildman–Crippen MR) is 165 cm³/mol. The summed E-state index contributed by atoms with van der Waals surface area (Å²) in [7, 11) is 0. The van der Waals surface area contributed by atoms with E-state index in [-0.39, 0.29) is 24.3 Å². The van der Waals surface area contributed by atoms with E-state index in [4.69, 9.17) is 11.5 Å². The van der Waals surface area contributed by atoms with Crippen LogP contribution in [0.1, 0.15) is 49.8 Å². The van der Waals surface area contributed by atoms with Gasteiger partial charge in [-0.15, -0.1) is 0 Å². The smallest absolute Gasteiger partial charge is 0.243 e. The highest BCUT2D eigenvalue weighted by molar-refractivity contribution is 5.96. The number of hydrogen-bond acceptors (Lipinski definition) is 5. The van der Waals surface area contributed by atoms with Crippen LogP contribution < -0.4 is 27.4 Å². The van der Waals surface area contributed by atoms with E-state index in [2.05, 4.69) is 34.1 Å². The van der Waals surface area contributed by atoms with Crippen LogP contribution in [0.5, 0.6) is 0 Å². The molecule has 8 nitrogen and oxygen atoms in total. The van der Waals surface area contributed by atoms with E-state index >= 15 is 0 Å². The Labute approximate surface area is 247 Å². The fourth-order valence-corrected chi connectivity index (χ4v) is 6.22. The summed E-state index contributed by atoms with van der Waals surface area (Å²) in [6.07, 6.45) is 2.52. The van der Waals surface area contributed by atoms with Crippen molar-refractivity contribution in [1.82, 2.24) is 16.0 Å². The number of unbranched alkanes of at least 4 members (excludes halogenated alkanes) is 1. The summed E-state index contributed by atoms with van der Waals surface area (Å²) in [6, 6.07) is 20.6. The van der Waals surface area contributed by atoms with Crippen LogP contribution in [0.2, 0.25) is 0 Å². The predicted octanol–water partition coefficient (Wildman–Crippen LogP) is 3.20. The summed E-state index contributed by atoms with van der Waals surface area (Å²) in [5.41, 5.74) is 18.4. The second-order valence-corrected chi connectivity index (χ2v) is 11.9. The molecule has 3 amide bonds. The number of rotatable bonds is 7. The molecule has 8 heteroatoms. The van der Waals surface area contributed by atoms with Crippen molar-refractivity contribution in [3.8, 4) is 22.3 Å². The molecule has 0 aromatic heterocycles. The van der Waals surface area contributed by atoms with Gasteiger partial charge in [0.1, 0.15) is 17.6 Å². The zero-order chi connectivity index (χ0) is 29.9. The Hall–Kier alpha value is -4.01. The van der Waals surface area contributed by atoms with Crippen molar-refractivity contribution in [2.45, 2.75) is 70.1 Å². The van der Waals surface area contributed by atoms with Gasteiger partial charge in [-0.3, -0.25) is 14.4 Å². The molecule has 3 aromatic rings. The summed E-state index contributed by atoms with van der Waals surface area (Å²) >= 11 is 0. The minimum Gasteiger partial charge on any atom is -0.350 e. The normalized spacial score (nSPS) is 22.5. The molecule has 3 bridgehead atoms. The van der Waals surface area contributed by atoms with Gasteiger partial charge in [-0.2, -0.15) is 0 Å². The maximum atomic E-state index is 14.0. The molecule has 1 aliphatic heterocycles. The molecule has 0 spiro atoms. The third kappa shape index (κ3) is 5.96. The Morgan fingerprint density at radius 3 is 2.14 bits per heavy atom. The number of benzene rings is 3. The van der Waals surface area contributed by atoms with Gasteiger partial charge in [-0.25, -0.2) is 0 Å². The van der Waals surface area contributed by atoms with Crippen LogP contribution in [0.3, 0.4) is 0 Å². The van der Waals surface area contributed by atoms with E-state index in [0.717, 1.165) is 45.4 Å². The van der Waals surface area contributed by atoms with Crippen LogP contribution in [0.25, 0.3) is 22.3 Å². The van der Waals surface area contributed by atoms with Gasteiger partial charge >= 0.3 is 0 Å². The standard InChI is InChI=1S/C34H41N5O3/c1-21(2)30-32(41)38-28(15-9-10-16-35)31(40)37-20-24-17-25(22-11-5-3-6-12-22)26-18-34(36,33(42)39-30)19-27(26)29(24)23-13-7-4-8-14-23/h3-8,11-14,17,21,28,30H,9-10,15-16,18-20,35-36H2,1-2H3,(H,37,40)(H,38,41)(H,39,42)/t28-,30-,34?/m0/s1. The first-order chi connectivity index (χ1) is 20.2. The van der Waals surface area contributed by atoms with E-state index in [1.807, 2.05) is 62.4 Å². The maximum Gasteiger partial charge on any atom is 0.243 e. The molecular weight excluding hydrogens is 526 g/mol. The molecule has 0 radical (unpaired) electrons. The minimum absolute atomic E-state index is 0.214. The van der Waals surface area contributed by atoms with Crippen molar-refractivity contribution in [1.29, 1.82) is 0 Å². The Morgan fingerprint density at radius 1 is 0.857 bits per heavy atom. The quantitative estimate of drug-likeness (QED) is 0.279. The Morgan fingerprint density at radius 2 is 1.50 bits per heavy atom. The lowest BCUT2D eigenvalue weighted by Crippen LogP contribution is -2.61. The van der Waals surface area contributed by atoms with Gasteiger partial charge in [0, 0.05) is 19.4 Å². The third-order valence-corrected chi connectivity index (χ3v) is 8.48. The van der Waals surface area contributed by atoms with Crippen molar-refractivity contribution in [2.24, 2.45) is 17.4 Å². The SMILES string of the molecule is CC(C)[C@@H]1NC(=O)C2(N)Cc3c(-c4ccccc4)cc(c(-c4ccccc4)c3C2)CNC(=O)[C@H](CCCCN)NC1=O. The molecule has 2 aliphatic rings. The molecule has 5 rings (SSSR count). The van der Waals surface area contributed by atoms with Crippen LogP contribution in [0.15, 0.2) is 66.7 Å². The van der Waals surface area contributed by atoms with Gasteiger partial charge in [-0.05, 0) is 76.7 Å². The zero-order valence-electron chi connectivity index (χ0n) is 24.4. The molecule has 0 fully saturated rings. The third-order valence-electron chi connectivity index (χ3n) is 8.48. The summed E-state index contributed by atoms with van der Waals surface area (Å²) in [4.78, 5) is 41.1. The summed E-state index contributed by atoms with van der Waals surface area (Å²) in [5.74, 6) is -1.24. The molecule has 0 saturated heterocycles. The lowest BCUT2D eigenvalue weighted by molar-refractivity contribution is -0.134. The monoisotopic (exact) mass is 567 g/mol. The number of nitrogens with one attached hydrogen (secondary N) is 3. The van der Waals surface area contributed by atoms with Gasteiger partial charge < -0.3 is 27.4 Å². The Balaban J connectivity index is 1.68. The first kappa shape index (κ1) is 29.5. The fraction of sp³-hybridized carbons (Fsp3) is 0.382. The highest BCUT2D eigenvalue weighted by Crippen LogP contribution is 2.44. The highest BCUT2D eigenvalue weighted by atomic mass is 16.2. The van der Waals surface area contributed by atoms with Crippen LogP contribution in [-0.2, 0) is 33.8 Å². The highest BCUT2D eigenvalue weighted by Gasteiger charge is 2.45. The van der Waals surface area contributed by atoms with Crippen LogP contribution in [-0.4, -0.2) is 41.9 Å². The molecular formula is C34H41N5O3. The number of carbonyl (C=O) groups excluding carboxylic acids is 3. The van der Waals surface area contributed by atoms with E-state index in [0.29, 0.717) is 32.2 Å². The van der Waals surface area contributed by atoms with Crippen LogP contribution in [0.4, 0.5) is 0 Å². The summed E-state index contributed by atoms with van der Waals surface area (Å²) in [5, 5.41) is 9.01. The van der Waals surface area contributed by atoms with Crippen LogP contribution >= 0.6 is 0 Å². The molecule has 1 unspecified atom stereocenters. The van der Waals surface area contributed by atoms with Crippen LogP contribution in [0, 0.1) is 5.92 Å². The number of carbonyl (C=O) groups is 3. The number of nitrogens with two attached hydrogens (primary N) is 2. The van der Waals surface area contributed by atoms with Crippen molar-refractivity contribution < 1.29 is 14.4 Å². The Bertz CT molecular complexity index is 1460. The van der Waals surface area contributed by atoms with E-state index in [1.165, 1.54) is 0 Å². The van der Waals surface area contributed by atoms with Crippen molar-refractivity contribution >= 4 is 17.7 Å². The Kier molecular flexibility index (Phi) is 8.75. The lowest BCUT2D eigenvalue weighted by atomic mass is 9.86. The molecule has 3 atom stereocenters. The van der Waals surface area contributed by atoms with E-state index in [9.17, 15) is 14.4 Å². The number of amides is 3. The molecule has 220 valence electrons. The minimum atomic E-state index is -1.24. The topological polar surface area (TPSA) is 139 Å². The summed E-state index contributed by atoms with van der Waals surface area (Å²) in [6.45, 7) is 4.51. The number of fused-ring (bicyclic) bond motifs is 2. The first-order valence-corrected chi connectivity index (χ1v) is 14.9. The molecule has 3 aromatic carbocycles. The van der Waals surface area contributed by atoms with Gasteiger partial charge in [0.05, 0.1) is 0 Å². The lowest BCUT2D eigenvalue weighted by Gasteiger charge is -2.30. The van der Waals surface area contributed by atoms with E-state index < -0.39 is 23.5 Å². The number of hydrogen-bond donors (Lipinski definition) is 5. The van der Waals surface area contributed by atoms with Crippen molar-refractivity contribution in [3.05, 3.63) is 83.4 Å². The molecule has 1 heterocycles. The van der Waals surface area contributed by atoms with E-state index in [1.54, 1.807) is 0 Å². The molecule has 1 aliphatic carbocycles. The molecule has 0 saturated carbocycles. The maximum absolute atomic E-state index is 14.0. The van der Waals surface area contributed by atoms with Gasteiger partial charge in [0.2, 0.25) is 17.7 Å². The van der Waals surface area contributed by atoms with Crippen molar-refractivity contribution in [2.75, 3.05) is 6.54 Å². The van der Waals surface area contributed by atoms with Crippen molar-refractivity contribution in [3.63, 3.8) is 0 Å².